The Labute approximate surface area is 209 Å². The van der Waals surface area contributed by atoms with E-state index in [0.29, 0.717) is 17.4 Å². The predicted octanol–water partition coefficient (Wildman–Crippen LogP) is 4.44. The quantitative estimate of drug-likeness (QED) is 0.426. The first kappa shape index (κ1) is 22.5. The van der Waals surface area contributed by atoms with Crippen molar-refractivity contribution in [3.8, 4) is 27.7 Å². The number of aromatic nitrogens is 6. The summed E-state index contributed by atoms with van der Waals surface area (Å²) in [5, 5.41) is 14.6. The Hall–Kier alpha value is -2.98. The summed E-state index contributed by atoms with van der Waals surface area (Å²) in [6, 6.07) is 3.28. The Balaban J connectivity index is 1.31. The maximum Gasteiger partial charge on any atom is 0.197 e. The average molecular weight is 493 g/mol. The molecule has 35 heavy (non-hydrogen) atoms. The van der Waals surface area contributed by atoms with Gasteiger partial charge in [-0.15, -0.1) is 0 Å². The van der Waals surface area contributed by atoms with Crippen LogP contribution in [0, 0.1) is 0 Å². The lowest BCUT2D eigenvalue weighted by atomic mass is 9.90. The molecule has 0 bridgehead atoms. The Morgan fingerprint density at radius 1 is 1.20 bits per heavy atom. The molecular formula is C25H32N8OS. The number of hydrogen-bond acceptors (Lipinski definition) is 8. The number of rotatable bonds is 6. The minimum Gasteiger partial charge on any atom is -0.493 e. The van der Waals surface area contributed by atoms with Crippen LogP contribution in [0.25, 0.3) is 27.6 Å². The molecule has 2 aliphatic rings. The van der Waals surface area contributed by atoms with Crippen molar-refractivity contribution >= 4 is 22.0 Å². The summed E-state index contributed by atoms with van der Waals surface area (Å²) in [5.74, 6) is 0.930. The summed E-state index contributed by atoms with van der Waals surface area (Å²) in [7, 11) is 1.65. The number of hydrogen-bond donors (Lipinski definition) is 1. The van der Waals surface area contributed by atoms with Gasteiger partial charge in [-0.1, -0.05) is 31.6 Å². The summed E-state index contributed by atoms with van der Waals surface area (Å²) < 4.78 is 7.31. The van der Waals surface area contributed by atoms with Crippen molar-refractivity contribution in [1.82, 2.24) is 34.7 Å². The van der Waals surface area contributed by atoms with Gasteiger partial charge in [0.2, 0.25) is 0 Å². The lowest BCUT2D eigenvalue weighted by Crippen LogP contribution is -2.56. The molecule has 1 atom stereocenters. The highest BCUT2D eigenvalue weighted by Gasteiger charge is 2.32. The molecule has 9 nitrogen and oxygen atoms in total. The second-order valence-corrected chi connectivity index (χ2v) is 11.0. The fourth-order valence-electron chi connectivity index (χ4n) is 5.38. The van der Waals surface area contributed by atoms with Gasteiger partial charge >= 0.3 is 0 Å². The lowest BCUT2D eigenvalue weighted by Gasteiger charge is -2.46. The molecule has 1 aliphatic carbocycles. The molecule has 184 valence electrons. The van der Waals surface area contributed by atoms with Crippen LogP contribution in [0.2, 0.25) is 0 Å². The number of nitrogens with one attached hydrogen (secondary N) is 1. The van der Waals surface area contributed by atoms with E-state index in [1.807, 2.05) is 18.5 Å². The van der Waals surface area contributed by atoms with Crippen LogP contribution >= 0.6 is 11.3 Å². The fourth-order valence-corrected chi connectivity index (χ4v) is 6.44. The predicted molar refractivity (Wildman–Crippen MR) is 138 cm³/mol. The SMILES string of the molecule is COc1cc(-c2n[nH]c(-c3ncc(N4CCN(C5CCC5)C[C@@H]4C)s3)c2C(C)C)cn2ncnc12. The van der Waals surface area contributed by atoms with Crippen molar-refractivity contribution in [1.29, 1.82) is 0 Å². The Bertz CT molecular complexity index is 1340. The Kier molecular flexibility index (Phi) is 5.72. The molecular weight excluding hydrogens is 460 g/mol. The number of fused-ring (bicyclic) bond motifs is 1. The van der Waals surface area contributed by atoms with Crippen molar-refractivity contribution in [2.24, 2.45) is 0 Å². The van der Waals surface area contributed by atoms with Gasteiger partial charge in [-0.25, -0.2) is 14.5 Å². The highest BCUT2D eigenvalue weighted by molar-refractivity contribution is 7.18. The molecule has 0 amide bonds. The van der Waals surface area contributed by atoms with E-state index in [4.69, 9.17) is 14.8 Å². The summed E-state index contributed by atoms with van der Waals surface area (Å²) in [4.78, 5) is 14.3. The number of piperazine rings is 1. The Morgan fingerprint density at radius 2 is 2.06 bits per heavy atom. The maximum absolute atomic E-state index is 5.57. The van der Waals surface area contributed by atoms with Crippen LogP contribution in [0.1, 0.15) is 51.5 Å². The van der Waals surface area contributed by atoms with Crippen LogP contribution in [-0.4, -0.2) is 73.5 Å². The highest BCUT2D eigenvalue weighted by atomic mass is 32.1. The first-order valence-electron chi connectivity index (χ1n) is 12.5. The van der Waals surface area contributed by atoms with Crippen LogP contribution in [0.5, 0.6) is 5.75 Å². The topological polar surface area (TPSA) is 87.5 Å². The molecule has 1 aliphatic heterocycles. The number of anilines is 1. The zero-order chi connectivity index (χ0) is 24.1. The number of methoxy groups -OCH3 is 1. The summed E-state index contributed by atoms with van der Waals surface area (Å²) >= 11 is 1.75. The molecule has 6 rings (SSSR count). The van der Waals surface area contributed by atoms with Gasteiger partial charge in [-0.3, -0.25) is 10.00 Å². The van der Waals surface area contributed by atoms with Crippen molar-refractivity contribution in [3.05, 3.63) is 30.4 Å². The minimum absolute atomic E-state index is 0.258. The number of nitrogens with zero attached hydrogens (tertiary/aromatic N) is 7. The second kappa shape index (κ2) is 8.91. The van der Waals surface area contributed by atoms with E-state index in [1.165, 1.54) is 30.6 Å². The van der Waals surface area contributed by atoms with Crippen LogP contribution in [-0.2, 0) is 0 Å². The number of ether oxygens (including phenoxy) is 1. The monoisotopic (exact) mass is 492 g/mol. The molecule has 4 aromatic heterocycles. The van der Waals surface area contributed by atoms with Crippen LogP contribution in [0.15, 0.2) is 24.8 Å². The molecule has 0 spiro atoms. The van der Waals surface area contributed by atoms with Gasteiger partial charge in [0.1, 0.15) is 16.3 Å². The summed E-state index contributed by atoms with van der Waals surface area (Å²) in [6.45, 7) is 10.1. The van der Waals surface area contributed by atoms with E-state index >= 15 is 0 Å². The van der Waals surface area contributed by atoms with Crippen LogP contribution < -0.4 is 9.64 Å². The number of H-pyrrole nitrogens is 1. The van der Waals surface area contributed by atoms with E-state index in [0.717, 1.165) is 53.2 Å². The fraction of sp³-hybridized carbons (Fsp3) is 0.520. The van der Waals surface area contributed by atoms with Gasteiger partial charge < -0.3 is 9.64 Å². The van der Waals surface area contributed by atoms with Gasteiger partial charge in [-0.2, -0.15) is 10.2 Å². The average Bonchev–Trinajstić information content (AvgIpc) is 3.55. The first-order chi connectivity index (χ1) is 17.0. The number of aromatic amines is 1. The largest absolute Gasteiger partial charge is 0.493 e. The second-order valence-electron chi connectivity index (χ2n) is 9.97. The third-order valence-corrected chi connectivity index (χ3v) is 8.51. The van der Waals surface area contributed by atoms with Crippen molar-refractivity contribution in [2.45, 2.75) is 58.0 Å². The third-order valence-electron chi connectivity index (χ3n) is 7.46. The standard InChI is InChI=1S/C25H32N8OS/c1-15(2)21-22(17-10-19(34-4)24-27-14-28-33(24)13-17)29-30-23(21)25-26-11-20(35-25)32-9-8-31(12-16(32)3)18-6-5-7-18/h10-11,13-16,18H,5-9,12H2,1-4H3,(H,29,30)/t16-/m0/s1. The molecule has 1 N–H and O–H groups in total. The minimum atomic E-state index is 0.258. The van der Waals surface area contributed by atoms with Crippen molar-refractivity contribution in [3.63, 3.8) is 0 Å². The lowest BCUT2D eigenvalue weighted by molar-refractivity contribution is 0.106. The zero-order valence-electron chi connectivity index (χ0n) is 20.7. The molecule has 0 unspecified atom stereocenters. The summed E-state index contributed by atoms with van der Waals surface area (Å²) in [5.41, 5.74) is 4.66. The van der Waals surface area contributed by atoms with E-state index in [2.05, 4.69) is 45.8 Å². The maximum atomic E-state index is 5.57. The molecule has 0 radical (unpaired) electrons. The highest BCUT2D eigenvalue weighted by Crippen LogP contribution is 2.40. The Morgan fingerprint density at radius 3 is 2.77 bits per heavy atom. The van der Waals surface area contributed by atoms with Gasteiger partial charge in [0.05, 0.1) is 24.7 Å². The number of thiazole rings is 1. The molecule has 2 fully saturated rings. The van der Waals surface area contributed by atoms with Crippen molar-refractivity contribution < 1.29 is 4.74 Å². The van der Waals surface area contributed by atoms with Crippen molar-refractivity contribution in [2.75, 3.05) is 31.6 Å². The van der Waals surface area contributed by atoms with E-state index in [1.54, 1.807) is 23.0 Å². The zero-order valence-corrected chi connectivity index (χ0v) is 21.5. The van der Waals surface area contributed by atoms with Gasteiger partial charge in [-0.05, 0) is 31.7 Å². The molecule has 4 aromatic rings. The van der Waals surface area contributed by atoms with Gasteiger partial charge in [0.15, 0.2) is 11.4 Å². The molecule has 1 saturated carbocycles. The number of pyridine rings is 1. The van der Waals surface area contributed by atoms with Crippen LogP contribution in [0.4, 0.5) is 5.00 Å². The van der Waals surface area contributed by atoms with E-state index < -0.39 is 0 Å². The normalized spacial score (nSPS) is 19.6. The van der Waals surface area contributed by atoms with Crippen LogP contribution in [0.3, 0.4) is 0 Å². The van der Waals surface area contributed by atoms with E-state index in [-0.39, 0.29) is 5.92 Å². The third kappa shape index (κ3) is 3.88. The first-order valence-corrected chi connectivity index (χ1v) is 13.3. The van der Waals surface area contributed by atoms with Gasteiger partial charge in [0.25, 0.3) is 0 Å². The molecule has 0 aromatic carbocycles. The summed E-state index contributed by atoms with van der Waals surface area (Å²) in [6.07, 6.45) is 9.64. The molecule has 10 heteroatoms. The molecule has 1 saturated heterocycles. The van der Waals surface area contributed by atoms with Gasteiger partial charge in [0, 0.05) is 49.0 Å². The molecule has 5 heterocycles. The smallest absolute Gasteiger partial charge is 0.197 e. The van der Waals surface area contributed by atoms with E-state index in [9.17, 15) is 0 Å².